The van der Waals surface area contributed by atoms with Crippen molar-refractivity contribution in [2.75, 3.05) is 43.6 Å². The first-order chi connectivity index (χ1) is 16.7. The van der Waals surface area contributed by atoms with Crippen LogP contribution in [0.1, 0.15) is 23.3 Å². The Morgan fingerprint density at radius 3 is 2.72 bits per heavy atom. The number of fused-ring (bicyclic) bond motifs is 1. The molecule has 0 atom stereocenters. The van der Waals surface area contributed by atoms with Crippen LogP contribution in [-0.2, 0) is 14.9 Å². The summed E-state index contributed by atoms with van der Waals surface area (Å²) < 4.78 is 51.3. The first kappa shape index (κ1) is 27.5. The number of aromatic nitrogens is 3. The van der Waals surface area contributed by atoms with Gasteiger partial charge in [-0.05, 0) is 31.0 Å². The molecular formula is C21H27ClFN7O5S. The van der Waals surface area contributed by atoms with E-state index in [4.69, 9.17) is 14.6 Å². The lowest BCUT2D eigenvalue weighted by Gasteiger charge is -2.34. The maximum atomic E-state index is 14.1. The average molecular weight is 544 g/mol. The Balaban J connectivity index is 0.00000361. The summed E-state index contributed by atoms with van der Waals surface area (Å²) in [5.41, 5.74) is 1.37. The molecule has 1 aromatic carbocycles. The van der Waals surface area contributed by atoms with Crippen molar-refractivity contribution in [1.82, 2.24) is 19.1 Å². The van der Waals surface area contributed by atoms with Gasteiger partial charge in [0.1, 0.15) is 18.1 Å². The van der Waals surface area contributed by atoms with Crippen molar-refractivity contribution in [2.24, 2.45) is 5.14 Å². The number of nitrogens with zero attached hydrogens (tertiary/aromatic N) is 4. The number of imidazole rings is 1. The van der Waals surface area contributed by atoms with Crippen molar-refractivity contribution < 1.29 is 27.1 Å². The fraction of sp³-hybridized carbons (Fsp3) is 0.381. The van der Waals surface area contributed by atoms with Crippen LogP contribution >= 0.6 is 12.4 Å². The Kier molecular flexibility index (Phi) is 9.03. The van der Waals surface area contributed by atoms with Gasteiger partial charge in [0.05, 0.1) is 18.0 Å². The number of ether oxygens (including phenoxy) is 2. The predicted octanol–water partition coefficient (Wildman–Crippen LogP) is 1.33. The zero-order valence-corrected chi connectivity index (χ0v) is 21.0. The molecule has 4 rings (SSSR count). The van der Waals surface area contributed by atoms with Gasteiger partial charge in [0.2, 0.25) is 5.65 Å². The highest BCUT2D eigenvalue weighted by Crippen LogP contribution is 2.30. The number of amides is 1. The van der Waals surface area contributed by atoms with Crippen molar-refractivity contribution in [3.05, 3.63) is 48.3 Å². The van der Waals surface area contributed by atoms with Gasteiger partial charge in [0.15, 0.2) is 0 Å². The Hall–Kier alpha value is -3.04. The third-order valence-electron chi connectivity index (χ3n) is 5.48. The number of hydrogen-bond acceptors (Lipinski definition) is 8. The molecular weight excluding hydrogens is 517 g/mol. The van der Waals surface area contributed by atoms with E-state index in [0.29, 0.717) is 43.9 Å². The summed E-state index contributed by atoms with van der Waals surface area (Å²) in [7, 11) is -2.25. The van der Waals surface area contributed by atoms with Gasteiger partial charge in [-0.2, -0.15) is 13.1 Å². The van der Waals surface area contributed by atoms with Crippen LogP contribution in [0.5, 0.6) is 5.88 Å². The maximum absolute atomic E-state index is 14.1. The second-order valence-electron chi connectivity index (χ2n) is 7.97. The Bertz CT molecular complexity index is 1320. The van der Waals surface area contributed by atoms with E-state index < -0.39 is 21.9 Å². The van der Waals surface area contributed by atoms with Crippen molar-refractivity contribution in [3.8, 4) is 5.88 Å². The summed E-state index contributed by atoms with van der Waals surface area (Å²) in [4.78, 5) is 23.5. The number of rotatable bonds is 9. The fourth-order valence-corrected chi connectivity index (χ4v) is 4.57. The quantitative estimate of drug-likeness (QED) is 0.342. The molecule has 0 unspecified atom stereocenters. The summed E-state index contributed by atoms with van der Waals surface area (Å²) in [6.07, 6.45) is 5.72. The van der Waals surface area contributed by atoms with Crippen molar-refractivity contribution in [3.63, 3.8) is 0 Å². The van der Waals surface area contributed by atoms with E-state index in [9.17, 15) is 17.6 Å². The van der Waals surface area contributed by atoms with Gasteiger partial charge in [-0.15, -0.1) is 12.4 Å². The van der Waals surface area contributed by atoms with E-state index in [2.05, 4.69) is 20.0 Å². The molecule has 3 aromatic rings. The second-order valence-corrected chi connectivity index (χ2v) is 9.30. The minimum absolute atomic E-state index is 0. The normalized spacial score (nSPS) is 14.5. The Morgan fingerprint density at radius 2 is 2.03 bits per heavy atom. The van der Waals surface area contributed by atoms with E-state index in [1.807, 2.05) is 4.90 Å². The molecule has 15 heteroatoms. The number of carbonyl (C=O) groups is 1. The number of carbonyl (C=O) groups excluding carboxylic acids is 1. The fourth-order valence-electron chi connectivity index (χ4n) is 3.87. The lowest BCUT2D eigenvalue weighted by atomic mass is 10.0. The summed E-state index contributed by atoms with van der Waals surface area (Å²) >= 11 is 0. The van der Waals surface area contributed by atoms with Crippen LogP contribution in [0, 0.1) is 5.82 Å². The lowest BCUT2D eigenvalue weighted by Crippen LogP contribution is -2.46. The number of methoxy groups -OCH3 is 1. The lowest BCUT2D eigenvalue weighted by molar-refractivity contribution is 0.101. The Labute approximate surface area is 213 Å². The molecule has 4 N–H and O–H groups in total. The third-order valence-corrected chi connectivity index (χ3v) is 6.14. The SMILES string of the molecule is COCCOc1nc(C(=O)Nc2cc(F)ccc2N2CCC(NS(N)(=O)=O)CC2)cn2ccnc12.Cl. The highest BCUT2D eigenvalue weighted by Gasteiger charge is 2.24. The highest BCUT2D eigenvalue weighted by molar-refractivity contribution is 7.87. The molecule has 196 valence electrons. The average Bonchev–Trinajstić information content (AvgIpc) is 3.28. The monoisotopic (exact) mass is 543 g/mol. The molecule has 1 amide bonds. The molecule has 0 bridgehead atoms. The van der Waals surface area contributed by atoms with E-state index in [1.165, 1.54) is 18.3 Å². The van der Waals surface area contributed by atoms with Gasteiger partial charge in [-0.1, -0.05) is 0 Å². The predicted molar refractivity (Wildman–Crippen MR) is 133 cm³/mol. The maximum Gasteiger partial charge on any atom is 0.276 e. The van der Waals surface area contributed by atoms with Gasteiger partial charge in [-0.3, -0.25) is 4.79 Å². The molecule has 12 nitrogen and oxygen atoms in total. The van der Waals surface area contributed by atoms with Crippen LogP contribution in [0.4, 0.5) is 15.8 Å². The number of nitrogens with two attached hydrogens (primary N) is 1. The molecule has 0 radical (unpaired) electrons. The van der Waals surface area contributed by atoms with Gasteiger partial charge in [-0.25, -0.2) is 19.5 Å². The van der Waals surface area contributed by atoms with Crippen LogP contribution in [0.25, 0.3) is 5.65 Å². The molecule has 0 saturated carbocycles. The minimum atomic E-state index is -3.79. The number of anilines is 2. The van der Waals surface area contributed by atoms with E-state index in [0.717, 1.165) is 0 Å². The van der Waals surface area contributed by atoms with Gasteiger partial charge in [0.25, 0.3) is 22.0 Å². The molecule has 36 heavy (non-hydrogen) atoms. The second kappa shape index (κ2) is 11.8. The number of piperidine rings is 1. The summed E-state index contributed by atoms with van der Waals surface area (Å²) in [5, 5.41) is 7.80. The number of nitrogens with one attached hydrogen (secondary N) is 2. The highest BCUT2D eigenvalue weighted by atomic mass is 35.5. The zero-order valence-electron chi connectivity index (χ0n) is 19.4. The zero-order chi connectivity index (χ0) is 25.0. The van der Waals surface area contributed by atoms with Crippen LogP contribution in [0.15, 0.2) is 36.8 Å². The number of benzene rings is 1. The van der Waals surface area contributed by atoms with Crippen molar-refractivity contribution in [2.45, 2.75) is 18.9 Å². The molecule has 0 aliphatic carbocycles. The molecule has 1 saturated heterocycles. The molecule has 1 aliphatic heterocycles. The first-order valence-corrected chi connectivity index (χ1v) is 12.4. The third kappa shape index (κ3) is 6.79. The van der Waals surface area contributed by atoms with Gasteiger partial charge in [0, 0.05) is 44.8 Å². The molecule has 2 aromatic heterocycles. The first-order valence-electron chi connectivity index (χ1n) is 10.8. The van der Waals surface area contributed by atoms with Crippen LogP contribution in [-0.4, -0.2) is 68.1 Å². The van der Waals surface area contributed by atoms with E-state index in [1.54, 1.807) is 30.0 Å². The Morgan fingerprint density at radius 1 is 1.28 bits per heavy atom. The standard InChI is InChI=1S/C21H26FN7O5S.ClH/c1-33-10-11-34-21-19-24-6-9-29(19)13-17(26-21)20(30)25-16-12-14(22)2-3-18(16)28-7-4-15(5-8-28)27-35(23,31)32;/h2-3,6,9,12-13,15,27H,4-5,7-8,10-11H2,1H3,(H,25,30)(H2,23,31,32);1H. The molecule has 1 fully saturated rings. The summed E-state index contributed by atoms with van der Waals surface area (Å²) in [5.74, 6) is -0.908. The smallest absolute Gasteiger partial charge is 0.276 e. The van der Waals surface area contributed by atoms with Gasteiger partial charge >= 0.3 is 0 Å². The number of hydrogen-bond donors (Lipinski definition) is 3. The molecule has 3 heterocycles. The summed E-state index contributed by atoms with van der Waals surface area (Å²) in [6.45, 7) is 1.53. The molecule has 0 spiro atoms. The van der Waals surface area contributed by atoms with E-state index in [-0.39, 0.29) is 42.3 Å². The molecule has 1 aliphatic rings. The van der Waals surface area contributed by atoms with Crippen molar-refractivity contribution in [1.29, 1.82) is 0 Å². The van der Waals surface area contributed by atoms with Gasteiger partial charge < -0.3 is 24.1 Å². The summed E-state index contributed by atoms with van der Waals surface area (Å²) in [6, 6.07) is 3.82. The van der Waals surface area contributed by atoms with Crippen molar-refractivity contribution >= 4 is 45.5 Å². The minimum Gasteiger partial charge on any atom is -0.473 e. The van der Waals surface area contributed by atoms with E-state index >= 15 is 0 Å². The number of halogens is 2. The largest absolute Gasteiger partial charge is 0.473 e. The van der Waals surface area contributed by atoms with Crippen LogP contribution < -0.4 is 24.8 Å². The topological polar surface area (TPSA) is 153 Å². The van der Waals surface area contributed by atoms with Crippen LogP contribution in [0.2, 0.25) is 0 Å². The van der Waals surface area contributed by atoms with Crippen LogP contribution in [0.3, 0.4) is 0 Å².